The molecule has 0 aliphatic rings. The molecule has 0 unspecified atom stereocenters. The summed E-state index contributed by atoms with van der Waals surface area (Å²) in [5.41, 5.74) is 3.55. The number of amides is 1. The van der Waals surface area contributed by atoms with Gasteiger partial charge in [-0.2, -0.15) is 0 Å². The number of para-hydroxylation sites is 2. The first-order valence-corrected chi connectivity index (χ1v) is 7.69. The topological polar surface area (TPSA) is 47.6 Å². The van der Waals surface area contributed by atoms with Crippen LogP contribution in [-0.4, -0.2) is 19.6 Å². The lowest BCUT2D eigenvalue weighted by Gasteiger charge is -2.11. The van der Waals surface area contributed by atoms with Crippen LogP contribution in [0.1, 0.15) is 23.1 Å². The zero-order valence-electron chi connectivity index (χ0n) is 13.9. The molecule has 0 radical (unpaired) electrons. The van der Waals surface area contributed by atoms with Crippen molar-refractivity contribution in [2.75, 3.05) is 13.7 Å². The van der Waals surface area contributed by atoms with Crippen LogP contribution in [0, 0.1) is 13.8 Å². The van der Waals surface area contributed by atoms with E-state index in [9.17, 15) is 4.79 Å². The molecule has 2 aromatic rings. The van der Waals surface area contributed by atoms with Gasteiger partial charge in [-0.1, -0.05) is 35.9 Å². The van der Waals surface area contributed by atoms with Crippen molar-refractivity contribution in [3.63, 3.8) is 0 Å². The minimum Gasteiger partial charge on any atom is -0.493 e. The van der Waals surface area contributed by atoms with Crippen molar-refractivity contribution in [3.8, 4) is 11.5 Å². The Morgan fingerprint density at radius 2 is 1.83 bits per heavy atom. The summed E-state index contributed by atoms with van der Waals surface area (Å²) in [4.78, 5) is 11.9. The summed E-state index contributed by atoms with van der Waals surface area (Å²) in [5.74, 6) is 1.29. The number of carbonyl (C=O) groups excluding carboxylic acids is 1. The lowest BCUT2D eigenvalue weighted by Crippen LogP contribution is -2.24. The summed E-state index contributed by atoms with van der Waals surface area (Å²) in [6, 6.07) is 13.6. The predicted octanol–water partition coefficient (Wildman–Crippen LogP) is 3.40. The second kappa shape index (κ2) is 8.22. The van der Waals surface area contributed by atoms with Crippen LogP contribution in [0.15, 0.2) is 42.5 Å². The highest BCUT2D eigenvalue weighted by Gasteiger charge is 2.06. The van der Waals surface area contributed by atoms with Gasteiger partial charge in [0.05, 0.1) is 20.1 Å². The number of methoxy groups -OCH3 is 1. The zero-order valence-corrected chi connectivity index (χ0v) is 13.9. The Balaban J connectivity index is 1.77. The first kappa shape index (κ1) is 16.9. The van der Waals surface area contributed by atoms with Gasteiger partial charge in [0.1, 0.15) is 0 Å². The van der Waals surface area contributed by atoms with E-state index in [1.807, 2.05) is 24.3 Å². The summed E-state index contributed by atoms with van der Waals surface area (Å²) in [6.07, 6.45) is 0.308. The smallest absolute Gasteiger partial charge is 0.223 e. The predicted molar refractivity (Wildman–Crippen MR) is 90.9 cm³/mol. The second-order valence-electron chi connectivity index (χ2n) is 5.46. The summed E-state index contributed by atoms with van der Waals surface area (Å²) < 4.78 is 10.8. The standard InChI is InChI=1S/C19H23NO3/c1-14-8-9-16(15(2)12-14)13-20-19(21)10-11-23-18-7-5-4-6-17(18)22-3/h4-9,12H,10-11,13H2,1-3H3,(H,20,21). The number of benzene rings is 2. The van der Waals surface area contributed by atoms with Crippen molar-refractivity contribution in [2.24, 2.45) is 0 Å². The van der Waals surface area contributed by atoms with Crippen LogP contribution in [0.25, 0.3) is 0 Å². The second-order valence-corrected chi connectivity index (χ2v) is 5.46. The fourth-order valence-corrected chi connectivity index (χ4v) is 2.32. The fourth-order valence-electron chi connectivity index (χ4n) is 2.32. The van der Waals surface area contributed by atoms with Gasteiger partial charge in [-0.15, -0.1) is 0 Å². The Morgan fingerprint density at radius 3 is 2.52 bits per heavy atom. The molecule has 0 bridgehead atoms. The first-order valence-electron chi connectivity index (χ1n) is 7.69. The SMILES string of the molecule is COc1ccccc1OCCC(=O)NCc1ccc(C)cc1C. The van der Waals surface area contributed by atoms with Crippen LogP contribution in [-0.2, 0) is 11.3 Å². The Hall–Kier alpha value is -2.49. The van der Waals surface area contributed by atoms with Crippen molar-refractivity contribution in [3.05, 3.63) is 59.2 Å². The van der Waals surface area contributed by atoms with E-state index in [4.69, 9.17) is 9.47 Å². The molecule has 0 atom stereocenters. The average Bonchev–Trinajstić information content (AvgIpc) is 2.54. The molecule has 122 valence electrons. The van der Waals surface area contributed by atoms with Crippen molar-refractivity contribution >= 4 is 5.91 Å². The maximum absolute atomic E-state index is 11.9. The summed E-state index contributed by atoms with van der Waals surface area (Å²) >= 11 is 0. The summed E-state index contributed by atoms with van der Waals surface area (Å²) in [7, 11) is 1.60. The number of carbonyl (C=O) groups is 1. The largest absolute Gasteiger partial charge is 0.493 e. The van der Waals surface area contributed by atoms with E-state index in [0.717, 1.165) is 5.56 Å². The molecule has 0 aromatic heterocycles. The minimum atomic E-state index is -0.0279. The van der Waals surface area contributed by atoms with Crippen LogP contribution in [0.2, 0.25) is 0 Å². The molecule has 2 rings (SSSR count). The van der Waals surface area contributed by atoms with Gasteiger partial charge in [-0.05, 0) is 37.1 Å². The van der Waals surface area contributed by atoms with Crippen molar-refractivity contribution in [1.29, 1.82) is 0 Å². The summed E-state index contributed by atoms with van der Waals surface area (Å²) in [5, 5.41) is 2.92. The monoisotopic (exact) mass is 313 g/mol. The Labute approximate surface area is 137 Å². The third-order valence-corrected chi connectivity index (χ3v) is 3.63. The molecule has 4 nitrogen and oxygen atoms in total. The number of ether oxygens (including phenoxy) is 2. The van der Waals surface area contributed by atoms with Crippen LogP contribution in [0.4, 0.5) is 0 Å². The van der Waals surface area contributed by atoms with Crippen LogP contribution >= 0.6 is 0 Å². The number of rotatable bonds is 7. The average molecular weight is 313 g/mol. The van der Waals surface area contributed by atoms with Crippen molar-refractivity contribution in [1.82, 2.24) is 5.32 Å². The molecule has 0 saturated heterocycles. The zero-order chi connectivity index (χ0) is 16.7. The van der Waals surface area contributed by atoms with Gasteiger partial charge >= 0.3 is 0 Å². The minimum absolute atomic E-state index is 0.0279. The van der Waals surface area contributed by atoms with Gasteiger partial charge in [-0.3, -0.25) is 4.79 Å². The van der Waals surface area contributed by atoms with Crippen LogP contribution < -0.4 is 14.8 Å². The van der Waals surface area contributed by atoms with Gasteiger partial charge < -0.3 is 14.8 Å². The Morgan fingerprint density at radius 1 is 1.09 bits per heavy atom. The third-order valence-electron chi connectivity index (χ3n) is 3.63. The number of hydrogen-bond acceptors (Lipinski definition) is 3. The molecule has 23 heavy (non-hydrogen) atoms. The first-order chi connectivity index (χ1) is 11.1. The molecule has 1 N–H and O–H groups in total. The highest BCUT2D eigenvalue weighted by atomic mass is 16.5. The van der Waals surface area contributed by atoms with Crippen molar-refractivity contribution in [2.45, 2.75) is 26.8 Å². The van der Waals surface area contributed by atoms with Gasteiger partial charge in [0.2, 0.25) is 5.91 Å². The highest BCUT2D eigenvalue weighted by Crippen LogP contribution is 2.25. The van der Waals surface area contributed by atoms with Gasteiger partial charge in [-0.25, -0.2) is 0 Å². The molecule has 0 aliphatic heterocycles. The fraction of sp³-hybridized carbons (Fsp3) is 0.316. The lowest BCUT2D eigenvalue weighted by atomic mass is 10.1. The van der Waals surface area contributed by atoms with E-state index in [2.05, 4.69) is 37.4 Å². The molecule has 0 aliphatic carbocycles. The van der Waals surface area contributed by atoms with Crippen molar-refractivity contribution < 1.29 is 14.3 Å². The number of aryl methyl sites for hydroxylation is 2. The summed E-state index contributed by atoms with van der Waals surface area (Å²) in [6.45, 7) is 4.97. The van der Waals surface area contributed by atoms with E-state index < -0.39 is 0 Å². The van der Waals surface area contributed by atoms with Gasteiger partial charge in [0.15, 0.2) is 11.5 Å². The highest BCUT2D eigenvalue weighted by molar-refractivity contribution is 5.76. The quantitative estimate of drug-likeness (QED) is 0.852. The Kier molecular flexibility index (Phi) is 6.03. The number of hydrogen-bond donors (Lipinski definition) is 1. The van der Waals surface area contributed by atoms with E-state index in [1.54, 1.807) is 7.11 Å². The maximum atomic E-state index is 11.9. The maximum Gasteiger partial charge on any atom is 0.223 e. The van der Waals surface area contributed by atoms with Gasteiger partial charge in [0, 0.05) is 6.54 Å². The molecule has 1 amide bonds. The normalized spacial score (nSPS) is 10.2. The van der Waals surface area contributed by atoms with E-state index >= 15 is 0 Å². The number of nitrogens with one attached hydrogen (secondary N) is 1. The molecular weight excluding hydrogens is 290 g/mol. The lowest BCUT2D eigenvalue weighted by molar-refractivity contribution is -0.121. The molecule has 0 fully saturated rings. The molecule has 0 spiro atoms. The molecular formula is C19H23NO3. The van der Waals surface area contributed by atoms with Gasteiger partial charge in [0.25, 0.3) is 0 Å². The molecule has 2 aromatic carbocycles. The van der Waals surface area contributed by atoms with E-state index in [1.165, 1.54) is 11.1 Å². The van der Waals surface area contributed by atoms with Crippen LogP contribution in [0.3, 0.4) is 0 Å². The molecule has 0 heterocycles. The molecule has 0 saturated carbocycles. The van der Waals surface area contributed by atoms with E-state index in [0.29, 0.717) is 31.1 Å². The third kappa shape index (κ3) is 5.02. The van der Waals surface area contributed by atoms with E-state index in [-0.39, 0.29) is 5.91 Å². The molecule has 4 heteroatoms. The van der Waals surface area contributed by atoms with Crippen LogP contribution in [0.5, 0.6) is 11.5 Å². The Bertz CT molecular complexity index is 667.